The van der Waals surface area contributed by atoms with Crippen molar-refractivity contribution >= 4 is 11.9 Å². The number of aromatic nitrogens is 3. The predicted molar refractivity (Wildman–Crippen MR) is 97.7 cm³/mol. The Labute approximate surface area is 154 Å². The molecule has 2 aliphatic heterocycles. The molecular formula is C17H29N7O2. The lowest BCUT2D eigenvalue weighted by atomic mass is 10.2. The van der Waals surface area contributed by atoms with E-state index in [4.69, 9.17) is 9.73 Å². The van der Waals surface area contributed by atoms with E-state index in [-0.39, 0.29) is 12.0 Å². The molecule has 0 aliphatic carbocycles. The van der Waals surface area contributed by atoms with Crippen molar-refractivity contribution in [2.24, 2.45) is 12.0 Å². The maximum absolute atomic E-state index is 11.6. The molecule has 2 fully saturated rings. The zero-order valence-corrected chi connectivity index (χ0v) is 15.9. The number of aryl methyl sites for hydroxylation is 1. The van der Waals surface area contributed by atoms with Crippen molar-refractivity contribution in [1.29, 1.82) is 0 Å². The fourth-order valence-electron chi connectivity index (χ4n) is 3.25. The fraction of sp³-hybridized carbons (Fsp3) is 0.765. The molecule has 1 aromatic rings. The van der Waals surface area contributed by atoms with Crippen LogP contribution in [0.25, 0.3) is 0 Å². The highest BCUT2D eigenvalue weighted by atomic mass is 16.5. The highest BCUT2D eigenvalue weighted by Crippen LogP contribution is 2.11. The summed E-state index contributed by atoms with van der Waals surface area (Å²) in [4.78, 5) is 20.4. The van der Waals surface area contributed by atoms with Gasteiger partial charge in [-0.15, -0.1) is 10.2 Å². The van der Waals surface area contributed by atoms with E-state index in [1.165, 1.54) is 0 Å². The molecule has 1 aromatic heterocycles. The van der Waals surface area contributed by atoms with Crippen LogP contribution in [0.1, 0.15) is 31.4 Å². The van der Waals surface area contributed by atoms with Crippen molar-refractivity contribution in [3.05, 3.63) is 11.6 Å². The van der Waals surface area contributed by atoms with Gasteiger partial charge in [-0.05, 0) is 19.8 Å². The van der Waals surface area contributed by atoms with E-state index in [0.717, 1.165) is 69.8 Å². The number of amides is 1. The zero-order chi connectivity index (χ0) is 18.5. The maximum atomic E-state index is 11.6. The van der Waals surface area contributed by atoms with Crippen molar-refractivity contribution in [3.63, 3.8) is 0 Å². The lowest BCUT2D eigenvalue weighted by molar-refractivity contribution is -0.130. The Morgan fingerprint density at radius 3 is 2.58 bits per heavy atom. The summed E-state index contributed by atoms with van der Waals surface area (Å²) in [7, 11) is 1.95. The molecule has 3 heterocycles. The first-order chi connectivity index (χ1) is 12.5. The minimum absolute atomic E-state index is 0.130. The molecule has 0 radical (unpaired) electrons. The van der Waals surface area contributed by atoms with E-state index in [9.17, 15) is 4.79 Å². The van der Waals surface area contributed by atoms with Crippen molar-refractivity contribution < 1.29 is 9.53 Å². The number of hydrogen-bond donors (Lipinski definition) is 1. The Kier molecular flexibility index (Phi) is 6.08. The van der Waals surface area contributed by atoms with Gasteiger partial charge in [0.25, 0.3) is 0 Å². The third-order valence-corrected chi connectivity index (χ3v) is 5.09. The van der Waals surface area contributed by atoms with Crippen LogP contribution in [0.15, 0.2) is 4.99 Å². The van der Waals surface area contributed by atoms with Gasteiger partial charge in [-0.25, -0.2) is 4.99 Å². The van der Waals surface area contributed by atoms with Crippen LogP contribution < -0.4 is 5.32 Å². The monoisotopic (exact) mass is 363 g/mol. The second-order valence-electron chi connectivity index (χ2n) is 6.87. The van der Waals surface area contributed by atoms with Gasteiger partial charge in [0.05, 0.1) is 6.10 Å². The number of aliphatic imine (C=N–C) groups is 1. The molecule has 0 aromatic carbocycles. The first-order valence-corrected chi connectivity index (χ1v) is 9.30. The molecule has 3 rings (SSSR count). The molecular weight excluding hydrogens is 334 g/mol. The molecule has 144 valence electrons. The molecule has 9 nitrogen and oxygen atoms in total. The normalized spacial score (nSPS) is 21.3. The number of nitrogens with one attached hydrogen (secondary N) is 1. The van der Waals surface area contributed by atoms with Crippen LogP contribution in [-0.4, -0.2) is 81.9 Å². The molecule has 1 atom stereocenters. The van der Waals surface area contributed by atoms with Gasteiger partial charge in [0.1, 0.15) is 12.4 Å². The quantitative estimate of drug-likeness (QED) is 0.594. The number of ether oxygens (including phenoxy) is 1. The van der Waals surface area contributed by atoms with Gasteiger partial charge in [0.2, 0.25) is 5.91 Å². The third-order valence-electron chi connectivity index (χ3n) is 5.09. The summed E-state index contributed by atoms with van der Waals surface area (Å²) < 4.78 is 7.66. The zero-order valence-electron chi connectivity index (χ0n) is 15.9. The number of nitrogens with zero attached hydrogens (tertiary/aromatic N) is 6. The standard InChI is InChI=1S/C17H29N7O2/c1-13-20-21-16(22(13)3)12-19-17(18-11-15-5-4-10-26-15)24-8-6-23(7-9-24)14(2)25/h15H,4-12H2,1-3H3,(H,18,19). The summed E-state index contributed by atoms with van der Waals surface area (Å²) in [6.07, 6.45) is 2.45. The van der Waals surface area contributed by atoms with E-state index in [1.54, 1.807) is 6.92 Å². The van der Waals surface area contributed by atoms with Crippen LogP contribution in [0.5, 0.6) is 0 Å². The average Bonchev–Trinajstić information content (AvgIpc) is 3.27. The third kappa shape index (κ3) is 4.51. The van der Waals surface area contributed by atoms with Crippen LogP contribution in [0.4, 0.5) is 0 Å². The topological polar surface area (TPSA) is 87.9 Å². The number of carbonyl (C=O) groups excluding carboxylic acids is 1. The predicted octanol–water partition coefficient (Wildman–Crippen LogP) is -0.0878. The molecule has 0 saturated carbocycles. The highest BCUT2D eigenvalue weighted by molar-refractivity contribution is 5.80. The van der Waals surface area contributed by atoms with Crippen LogP contribution >= 0.6 is 0 Å². The van der Waals surface area contributed by atoms with Gasteiger partial charge < -0.3 is 24.4 Å². The van der Waals surface area contributed by atoms with E-state index < -0.39 is 0 Å². The number of guanidine groups is 1. The second-order valence-corrected chi connectivity index (χ2v) is 6.87. The smallest absolute Gasteiger partial charge is 0.219 e. The second kappa shape index (κ2) is 8.48. The van der Waals surface area contributed by atoms with Crippen molar-refractivity contribution in [1.82, 2.24) is 29.9 Å². The van der Waals surface area contributed by atoms with E-state index in [2.05, 4.69) is 20.4 Å². The molecule has 0 spiro atoms. The summed E-state index contributed by atoms with van der Waals surface area (Å²) in [5, 5.41) is 11.7. The lowest BCUT2D eigenvalue weighted by Crippen LogP contribution is -2.54. The number of hydrogen-bond acceptors (Lipinski definition) is 5. The summed E-state index contributed by atoms with van der Waals surface area (Å²) >= 11 is 0. The van der Waals surface area contributed by atoms with Crippen molar-refractivity contribution in [3.8, 4) is 0 Å². The van der Waals surface area contributed by atoms with E-state index >= 15 is 0 Å². The summed E-state index contributed by atoms with van der Waals surface area (Å²) in [5.41, 5.74) is 0. The molecule has 1 amide bonds. The largest absolute Gasteiger partial charge is 0.376 e. The number of rotatable bonds is 4. The van der Waals surface area contributed by atoms with Gasteiger partial charge in [0, 0.05) is 53.3 Å². The van der Waals surface area contributed by atoms with Crippen LogP contribution in [0, 0.1) is 6.92 Å². The molecule has 2 aliphatic rings. The molecule has 26 heavy (non-hydrogen) atoms. The fourth-order valence-corrected chi connectivity index (χ4v) is 3.25. The Hall–Kier alpha value is -2.16. The van der Waals surface area contributed by atoms with Gasteiger partial charge >= 0.3 is 0 Å². The van der Waals surface area contributed by atoms with Gasteiger partial charge in [0.15, 0.2) is 11.8 Å². The van der Waals surface area contributed by atoms with Crippen molar-refractivity contribution in [2.45, 2.75) is 39.3 Å². The van der Waals surface area contributed by atoms with E-state index in [0.29, 0.717) is 6.54 Å². The summed E-state index contributed by atoms with van der Waals surface area (Å²) in [6, 6.07) is 0. The Morgan fingerprint density at radius 1 is 1.27 bits per heavy atom. The van der Waals surface area contributed by atoms with Crippen LogP contribution in [0.3, 0.4) is 0 Å². The summed E-state index contributed by atoms with van der Waals surface area (Å²) in [6.45, 7) is 8.60. The van der Waals surface area contributed by atoms with Crippen LogP contribution in [-0.2, 0) is 23.1 Å². The molecule has 9 heteroatoms. The Bertz CT molecular complexity index is 644. The molecule has 1 N–H and O–H groups in total. The molecule has 1 unspecified atom stereocenters. The average molecular weight is 363 g/mol. The van der Waals surface area contributed by atoms with Gasteiger partial charge in [-0.3, -0.25) is 4.79 Å². The minimum Gasteiger partial charge on any atom is -0.376 e. The summed E-state index contributed by atoms with van der Waals surface area (Å²) in [5.74, 6) is 2.69. The number of carbonyl (C=O) groups is 1. The maximum Gasteiger partial charge on any atom is 0.219 e. The lowest BCUT2D eigenvalue weighted by Gasteiger charge is -2.36. The minimum atomic E-state index is 0.130. The molecule has 2 saturated heterocycles. The van der Waals surface area contributed by atoms with Crippen molar-refractivity contribution in [2.75, 3.05) is 39.3 Å². The number of piperazine rings is 1. The first kappa shape index (κ1) is 18.6. The highest BCUT2D eigenvalue weighted by Gasteiger charge is 2.23. The van der Waals surface area contributed by atoms with Crippen LogP contribution in [0.2, 0.25) is 0 Å². The SMILES string of the molecule is CC(=O)N1CCN(C(=NCc2nnc(C)n2C)NCC2CCCO2)CC1. The first-order valence-electron chi connectivity index (χ1n) is 9.30. The van der Waals surface area contributed by atoms with Gasteiger partial charge in [-0.2, -0.15) is 0 Å². The van der Waals surface area contributed by atoms with Gasteiger partial charge in [-0.1, -0.05) is 0 Å². The Morgan fingerprint density at radius 2 is 2.00 bits per heavy atom. The van der Waals surface area contributed by atoms with E-state index in [1.807, 2.05) is 23.4 Å². The Balaban J connectivity index is 1.65. The molecule has 0 bridgehead atoms.